The molecule has 3 heteroatoms. The molecular weight excluding hydrogens is 763 g/mol. The van der Waals surface area contributed by atoms with Crippen LogP contribution < -0.4 is 0 Å². The molecule has 0 saturated carbocycles. The zero-order valence-electron chi connectivity index (χ0n) is 34.4. The Bertz CT molecular complexity index is 3890. The van der Waals surface area contributed by atoms with E-state index in [9.17, 15) is 0 Å². The molecule has 3 heterocycles. The predicted molar refractivity (Wildman–Crippen MR) is 266 cm³/mol. The average molecular weight is 802 g/mol. The minimum Gasteiger partial charge on any atom is -0.309 e. The van der Waals surface area contributed by atoms with Crippen LogP contribution in [0.15, 0.2) is 237 Å². The molecule has 294 valence electrons. The number of aromatic nitrogens is 3. The second kappa shape index (κ2) is 14.1. The first-order valence-electron chi connectivity index (χ1n) is 21.7. The third kappa shape index (κ3) is 5.46. The van der Waals surface area contributed by atoms with Gasteiger partial charge in [0.25, 0.3) is 0 Å². The Morgan fingerprint density at radius 3 is 1.38 bits per heavy atom. The largest absolute Gasteiger partial charge is 0.309 e. The van der Waals surface area contributed by atoms with Crippen LogP contribution in [0.2, 0.25) is 0 Å². The number of fused-ring (bicyclic) bond motifs is 10. The molecule has 13 aromatic rings. The highest BCUT2D eigenvalue weighted by molar-refractivity contribution is 6.28. The Kier molecular flexibility index (Phi) is 7.91. The Labute approximate surface area is 364 Å². The van der Waals surface area contributed by atoms with E-state index in [2.05, 4.69) is 250 Å². The van der Waals surface area contributed by atoms with Gasteiger partial charge in [0, 0.05) is 49.4 Å². The maximum Gasteiger partial charge on any atom is 0.0795 e. The maximum absolute atomic E-state index is 2.53. The minimum atomic E-state index is 1.12. The molecule has 0 saturated heterocycles. The zero-order chi connectivity index (χ0) is 41.4. The van der Waals surface area contributed by atoms with E-state index in [-0.39, 0.29) is 0 Å². The van der Waals surface area contributed by atoms with Crippen LogP contribution in [0.25, 0.3) is 116 Å². The number of para-hydroxylation sites is 5. The summed E-state index contributed by atoms with van der Waals surface area (Å²) < 4.78 is 7.41. The van der Waals surface area contributed by atoms with Crippen molar-refractivity contribution in [2.45, 2.75) is 0 Å². The summed E-state index contributed by atoms with van der Waals surface area (Å²) in [5.74, 6) is 0. The second-order valence-corrected chi connectivity index (χ2v) is 16.5. The van der Waals surface area contributed by atoms with Crippen LogP contribution in [0.5, 0.6) is 0 Å². The molecule has 0 aliphatic heterocycles. The molecule has 0 bridgehead atoms. The number of nitrogens with zero attached hydrogens (tertiary/aromatic N) is 3. The van der Waals surface area contributed by atoms with E-state index in [1.807, 2.05) is 0 Å². The third-order valence-electron chi connectivity index (χ3n) is 13.0. The first-order valence-corrected chi connectivity index (χ1v) is 21.7. The van der Waals surface area contributed by atoms with Crippen LogP contribution in [-0.2, 0) is 0 Å². The molecule has 13 rings (SSSR count). The SMILES string of the molecule is c1ccc(-c2cccc(-c3cccc(-n4c5ccccc5c5c(-c6ccc7c(c6)c6ccccc6n7-c6ccccc6)cc6c7ccccc7n(-c7ccccc7)c6c54)c3)c2)cc1. The number of benzene rings is 10. The van der Waals surface area contributed by atoms with Gasteiger partial charge >= 0.3 is 0 Å². The van der Waals surface area contributed by atoms with E-state index >= 15 is 0 Å². The lowest BCUT2D eigenvalue weighted by Gasteiger charge is -2.15. The van der Waals surface area contributed by atoms with Crippen molar-refractivity contribution in [3.05, 3.63) is 237 Å². The third-order valence-corrected chi connectivity index (χ3v) is 13.0. The lowest BCUT2D eigenvalue weighted by Crippen LogP contribution is -1.99. The maximum atomic E-state index is 2.53. The van der Waals surface area contributed by atoms with Gasteiger partial charge in [0.1, 0.15) is 0 Å². The molecule has 0 N–H and O–H groups in total. The quantitative estimate of drug-likeness (QED) is 0.159. The van der Waals surface area contributed by atoms with E-state index in [1.165, 1.54) is 98.8 Å². The van der Waals surface area contributed by atoms with E-state index in [0.717, 1.165) is 17.1 Å². The fraction of sp³-hybridized carbons (Fsp3) is 0. The number of hydrogen-bond donors (Lipinski definition) is 0. The summed E-state index contributed by atoms with van der Waals surface area (Å²) in [5.41, 5.74) is 17.7. The van der Waals surface area contributed by atoms with Gasteiger partial charge in [-0.05, 0) is 112 Å². The van der Waals surface area contributed by atoms with Crippen molar-refractivity contribution in [2.75, 3.05) is 0 Å². The van der Waals surface area contributed by atoms with Gasteiger partial charge in [-0.2, -0.15) is 0 Å². The molecule has 0 fully saturated rings. The fourth-order valence-corrected chi connectivity index (χ4v) is 10.3. The van der Waals surface area contributed by atoms with Crippen LogP contribution in [0.3, 0.4) is 0 Å². The molecule has 0 amide bonds. The van der Waals surface area contributed by atoms with Crippen LogP contribution in [0.4, 0.5) is 0 Å². The minimum absolute atomic E-state index is 1.12. The highest BCUT2D eigenvalue weighted by Gasteiger charge is 2.25. The zero-order valence-corrected chi connectivity index (χ0v) is 34.4. The molecule has 3 nitrogen and oxygen atoms in total. The summed E-state index contributed by atoms with van der Waals surface area (Å²) in [7, 11) is 0. The van der Waals surface area contributed by atoms with Gasteiger partial charge in [0.2, 0.25) is 0 Å². The topological polar surface area (TPSA) is 14.8 Å². The summed E-state index contributed by atoms with van der Waals surface area (Å²) in [4.78, 5) is 0. The summed E-state index contributed by atoms with van der Waals surface area (Å²) in [5, 5.41) is 7.38. The van der Waals surface area contributed by atoms with Gasteiger partial charge in [-0.15, -0.1) is 0 Å². The predicted octanol–water partition coefficient (Wildman–Crippen LogP) is 16.0. The van der Waals surface area contributed by atoms with E-state index < -0.39 is 0 Å². The van der Waals surface area contributed by atoms with E-state index in [1.54, 1.807) is 0 Å². The number of hydrogen-bond acceptors (Lipinski definition) is 0. The average Bonchev–Trinajstić information content (AvgIpc) is 4.00. The lowest BCUT2D eigenvalue weighted by molar-refractivity contribution is 1.15. The van der Waals surface area contributed by atoms with Crippen molar-refractivity contribution < 1.29 is 0 Å². The van der Waals surface area contributed by atoms with Crippen molar-refractivity contribution in [1.82, 2.24) is 13.7 Å². The molecule has 0 aliphatic carbocycles. The molecule has 10 aromatic carbocycles. The fourth-order valence-electron chi connectivity index (χ4n) is 10.3. The van der Waals surface area contributed by atoms with Gasteiger partial charge in [0.15, 0.2) is 0 Å². The first kappa shape index (κ1) is 35.4. The lowest BCUT2D eigenvalue weighted by atomic mass is 9.95. The van der Waals surface area contributed by atoms with Crippen molar-refractivity contribution in [1.29, 1.82) is 0 Å². The van der Waals surface area contributed by atoms with E-state index in [4.69, 9.17) is 0 Å². The Morgan fingerprint density at radius 1 is 0.222 bits per heavy atom. The standard InChI is InChI=1S/C60H39N3/c1-4-18-40(19-5-1)41-20-16-21-42(36-41)43-22-17-27-47(37-43)63-56-33-15-12-30-50(56)58-51(39-53-49-29-11-14-32-55(49)62(59(53)60(58)63)46-25-8-3-9-26-46)44-34-35-57-52(38-44)48-28-10-13-31-54(48)61(57)45-23-6-2-7-24-45/h1-39H. The van der Waals surface area contributed by atoms with E-state index in [0.29, 0.717) is 0 Å². The Morgan fingerprint density at radius 2 is 0.683 bits per heavy atom. The molecule has 0 unspecified atom stereocenters. The van der Waals surface area contributed by atoms with Crippen LogP contribution in [0.1, 0.15) is 0 Å². The summed E-state index contributed by atoms with van der Waals surface area (Å²) in [6, 6.07) is 86.5. The molecule has 63 heavy (non-hydrogen) atoms. The van der Waals surface area contributed by atoms with Crippen molar-refractivity contribution in [3.63, 3.8) is 0 Å². The molecule has 0 radical (unpaired) electrons. The molecule has 0 spiro atoms. The van der Waals surface area contributed by atoms with Crippen LogP contribution in [-0.4, -0.2) is 13.7 Å². The Hall–Kier alpha value is -8.40. The van der Waals surface area contributed by atoms with Crippen molar-refractivity contribution in [2.24, 2.45) is 0 Å². The molecule has 3 aromatic heterocycles. The van der Waals surface area contributed by atoms with Gasteiger partial charge in [0.05, 0.1) is 33.1 Å². The highest BCUT2D eigenvalue weighted by Crippen LogP contribution is 2.47. The summed E-state index contributed by atoms with van der Waals surface area (Å²) >= 11 is 0. The van der Waals surface area contributed by atoms with Crippen molar-refractivity contribution in [3.8, 4) is 50.4 Å². The van der Waals surface area contributed by atoms with Gasteiger partial charge in [-0.25, -0.2) is 0 Å². The highest BCUT2D eigenvalue weighted by atomic mass is 15.0. The summed E-state index contributed by atoms with van der Waals surface area (Å²) in [6.07, 6.45) is 0. The van der Waals surface area contributed by atoms with Gasteiger partial charge in [-0.3, -0.25) is 0 Å². The van der Waals surface area contributed by atoms with Crippen LogP contribution in [0, 0.1) is 0 Å². The molecular formula is C60H39N3. The first-order chi connectivity index (χ1) is 31.3. The molecule has 0 atom stereocenters. The van der Waals surface area contributed by atoms with Crippen LogP contribution >= 0.6 is 0 Å². The molecule has 0 aliphatic rings. The van der Waals surface area contributed by atoms with Crippen molar-refractivity contribution >= 4 is 65.4 Å². The monoisotopic (exact) mass is 801 g/mol. The Balaban J connectivity index is 1.15. The normalized spacial score (nSPS) is 11.8. The van der Waals surface area contributed by atoms with Gasteiger partial charge < -0.3 is 13.7 Å². The second-order valence-electron chi connectivity index (χ2n) is 16.5. The number of rotatable bonds is 6. The smallest absolute Gasteiger partial charge is 0.0795 e. The summed E-state index contributed by atoms with van der Waals surface area (Å²) in [6.45, 7) is 0. The van der Waals surface area contributed by atoms with Gasteiger partial charge in [-0.1, -0.05) is 158 Å².